The van der Waals surface area contributed by atoms with E-state index in [0.29, 0.717) is 17.1 Å². The Labute approximate surface area is 182 Å². The highest BCUT2D eigenvalue weighted by atomic mass is 16.5. The van der Waals surface area contributed by atoms with Crippen molar-refractivity contribution in [1.82, 2.24) is 24.8 Å². The van der Waals surface area contributed by atoms with E-state index < -0.39 is 17.2 Å². The SMILES string of the molecule is COc1ccc(-c2cc(CNC(=O)c3cc(=O)n(-c4ccccc4)c(=O)[nH]3)ncn2)cc1. The topological polar surface area (TPSA) is 119 Å². The largest absolute Gasteiger partial charge is 0.497 e. The van der Waals surface area contributed by atoms with Crippen molar-refractivity contribution in [2.24, 2.45) is 0 Å². The standard InChI is InChI=1S/C23H19N5O4/c1-32-18-9-7-15(8-10-18)19-11-16(25-14-26-19)13-24-22(30)20-12-21(29)28(23(31)27-20)17-5-3-2-4-6-17/h2-12,14H,13H2,1H3,(H,24,30)(H,27,31). The summed E-state index contributed by atoms with van der Waals surface area (Å²) in [6.07, 6.45) is 1.41. The lowest BCUT2D eigenvalue weighted by molar-refractivity contribution is 0.0944. The molecule has 32 heavy (non-hydrogen) atoms. The molecule has 1 amide bonds. The van der Waals surface area contributed by atoms with Gasteiger partial charge < -0.3 is 15.0 Å². The second-order valence-electron chi connectivity index (χ2n) is 6.80. The van der Waals surface area contributed by atoms with Crippen LogP contribution >= 0.6 is 0 Å². The van der Waals surface area contributed by atoms with Gasteiger partial charge in [0.25, 0.3) is 11.5 Å². The number of H-pyrrole nitrogens is 1. The number of para-hydroxylation sites is 1. The molecule has 0 saturated heterocycles. The fraction of sp³-hybridized carbons (Fsp3) is 0.0870. The van der Waals surface area contributed by atoms with Gasteiger partial charge in [-0.25, -0.2) is 19.3 Å². The summed E-state index contributed by atoms with van der Waals surface area (Å²) in [5.74, 6) is 0.141. The second-order valence-corrected chi connectivity index (χ2v) is 6.80. The number of nitrogens with one attached hydrogen (secondary N) is 2. The zero-order valence-corrected chi connectivity index (χ0v) is 17.1. The molecule has 0 saturated carbocycles. The van der Waals surface area contributed by atoms with Gasteiger partial charge in [-0.05, 0) is 42.5 Å². The Bertz CT molecular complexity index is 1330. The lowest BCUT2D eigenvalue weighted by atomic mass is 10.1. The molecule has 2 aromatic heterocycles. The number of aromatic nitrogens is 4. The number of amides is 1. The first-order chi connectivity index (χ1) is 15.5. The number of hydrogen-bond donors (Lipinski definition) is 2. The van der Waals surface area contributed by atoms with Crippen LogP contribution in [0, 0.1) is 0 Å². The van der Waals surface area contributed by atoms with E-state index in [-0.39, 0.29) is 12.2 Å². The van der Waals surface area contributed by atoms with Crippen LogP contribution in [0.5, 0.6) is 5.75 Å². The van der Waals surface area contributed by atoms with Gasteiger partial charge in [0.1, 0.15) is 17.8 Å². The maximum atomic E-state index is 12.5. The van der Waals surface area contributed by atoms with E-state index >= 15 is 0 Å². The third kappa shape index (κ3) is 4.46. The van der Waals surface area contributed by atoms with E-state index in [9.17, 15) is 14.4 Å². The van der Waals surface area contributed by atoms with Gasteiger partial charge in [-0.15, -0.1) is 0 Å². The number of carbonyl (C=O) groups is 1. The van der Waals surface area contributed by atoms with Gasteiger partial charge in [-0.2, -0.15) is 0 Å². The van der Waals surface area contributed by atoms with Crippen LogP contribution in [0.1, 0.15) is 16.2 Å². The summed E-state index contributed by atoms with van der Waals surface area (Å²) in [5, 5.41) is 2.66. The summed E-state index contributed by atoms with van der Waals surface area (Å²) in [4.78, 5) is 48.2. The third-order valence-corrected chi connectivity index (χ3v) is 4.73. The molecule has 9 nitrogen and oxygen atoms in total. The molecule has 4 rings (SSSR count). The van der Waals surface area contributed by atoms with Crippen LogP contribution in [0.4, 0.5) is 0 Å². The highest BCUT2D eigenvalue weighted by Crippen LogP contribution is 2.20. The van der Waals surface area contributed by atoms with Crippen molar-refractivity contribution >= 4 is 5.91 Å². The molecule has 9 heteroatoms. The summed E-state index contributed by atoms with van der Waals surface area (Å²) in [6.45, 7) is 0.0916. The van der Waals surface area contributed by atoms with E-state index in [2.05, 4.69) is 20.3 Å². The summed E-state index contributed by atoms with van der Waals surface area (Å²) < 4.78 is 6.12. The number of benzene rings is 2. The molecule has 4 aromatic rings. The van der Waals surface area contributed by atoms with Crippen LogP contribution in [-0.2, 0) is 6.54 Å². The van der Waals surface area contributed by atoms with Gasteiger partial charge in [0, 0.05) is 11.6 Å². The first-order valence-electron chi connectivity index (χ1n) is 9.70. The summed E-state index contributed by atoms with van der Waals surface area (Å²) in [7, 11) is 1.59. The van der Waals surface area contributed by atoms with E-state index in [1.807, 2.05) is 24.3 Å². The van der Waals surface area contributed by atoms with Crippen molar-refractivity contribution < 1.29 is 9.53 Å². The van der Waals surface area contributed by atoms with E-state index in [4.69, 9.17) is 4.74 Å². The van der Waals surface area contributed by atoms with Gasteiger partial charge >= 0.3 is 5.69 Å². The zero-order valence-electron chi connectivity index (χ0n) is 17.1. The minimum Gasteiger partial charge on any atom is -0.497 e. The van der Waals surface area contributed by atoms with Crippen molar-refractivity contribution in [2.45, 2.75) is 6.54 Å². The predicted molar refractivity (Wildman–Crippen MR) is 118 cm³/mol. The lowest BCUT2D eigenvalue weighted by Gasteiger charge is -2.08. The number of hydrogen-bond acceptors (Lipinski definition) is 6. The maximum Gasteiger partial charge on any atom is 0.333 e. The van der Waals surface area contributed by atoms with Crippen molar-refractivity contribution in [3.8, 4) is 22.7 Å². The quantitative estimate of drug-likeness (QED) is 0.483. The first kappa shape index (κ1) is 20.7. The summed E-state index contributed by atoms with van der Waals surface area (Å²) >= 11 is 0. The molecular weight excluding hydrogens is 410 g/mol. The average Bonchev–Trinajstić information content (AvgIpc) is 2.83. The Kier molecular flexibility index (Phi) is 5.89. The van der Waals surface area contributed by atoms with Crippen LogP contribution in [0.15, 0.2) is 82.6 Å². The molecule has 0 aliphatic rings. The van der Waals surface area contributed by atoms with E-state index in [0.717, 1.165) is 21.9 Å². The predicted octanol–water partition coefficient (Wildman–Crippen LogP) is 1.92. The molecule has 2 heterocycles. The molecule has 2 aromatic carbocycles. The number of aromatic amines is 1. The molecular formula is C23H19N5O4. The van der Waals surface area contributed by atoms with Crippen LogP contribution in [0.2, 0.25) is 0 Å². The van der Waals surface area contributed by atoms with Gasteiger partial charge in [-0.1, -0.05) is 18.2 Å². The Morgan fingerprint density at radius 1 is 1.03 bits per heavy atom. The molecule has 0 aliphatic carbocycles. The lowest BCUT2D eigenvalue weighted by Crippen LogP contribution is -2.37. The second kappa shape index (κ2) is 9.09. The molecule has 0 unspecified atom stereocenters. The Hall–Kier alpha value is -4.53. The van der Waals surface area contributed by atoms with Gasteiger partial charge in [0.2, 0.25) is 0 Å². The molecule has 160 valence electrons. The number of carbonyl (C=O) groups excluding carboxylic acids is 1. The zero-order chi connectivity index (χ0) is 22.5. The van der Waals surface area contributed by atoms with Crippen molar-refractivity contribution in [2.75, 3.05) is 7.11 Å². The minimum absolute atomic E-state index is 0.0916. The van der Waals surface area contributed by atoms with E-state index in [1.54, 1.807) is 43.5 Å². The normalized spacial score (nSPS) is 10.5. The Morgan fingerprint density at radius 3 is 2.47 bits per heavy atom. The van der Waals surface area contributed by atoms with Crippen LogP contribution in [0.3, 0.4) is 0 Å². The van der Waals surface area contributed by atoms with Gasteiger partial charge in [-0.3, -0.25) is 9.59 Å². The summed E-state index contributed by atoms with van der Waals surface area (Å²) in [6, 6.07) is 18.7. The maximum absolute atomic E-state index is 12.5. The highest BCUT2D eigenvalue weighted by Gasteiger charge is 2.12. The average molecular weight is 429 g/mol. The van der Waals surface area contributed by atoms with Gasteiger partial charge in [0.05, 0.1) is 30.7 Å². The first-order valence-corrected chi connectivity index (χ1v) is 9.70. The van der Waals surface area contributed by atoms with E-state index in [1.165, 1.54) is 6.33 Å². The molecule has 0 bridgehead atoms. The number of rotatable bonds is 6. The fourth-order valence-corrected chi connectivity index (χ4v) is 3.12. The van der Waals surface area contributed by atoms with Gasteiger partial charge in [0.15, 0.2) is 0 Å². The Balaban J connectivity index is 1.49. The molecule has 2 N–H and O–H groups in total. The van der Waals surface area contributed by atoms with Crippen LogP contribution < -0.4 is 21.3 Å². The van der Waals surface area contributed by atoms with Crippen molar-refractivity contribution in [1.29, 1.82) is 0 Å². The highest BCUT2D eigenvalue weighted by molar-refractivity contribution is 5.92. The van der Waals surface area contributed by atoms with Crippen molar-refractivity contribution in [3.05, 3.63) is 105 Å². The number of nitrogens with zero attached hydrogens (tertiary/aromatic N) is 3. The fourth-order valence-electron chi connectivity index (χ4n) is 3.12. The molecule has 0 radical (unpaired) electrons. The Morgan fingerprint density at radius 2 is 1.78 bits per heavy atom. The molecule has 0 atom stereocenters. The smallest absolute Gasteiger partial charge is 0.333 e. The van der Waals surface area contributed by atoms with Crippen LogP contribution in [0.25, 0.3) is 16.9 Å². The molecule has 0 fully saturated rings. The molecule has 0 aliphatic heterocycles. The number of ether oxygens (including phenoxy) is 1. The molecule has 0 spiro atoms. The number of methoxy groups -OCH3 is 1. The monoisotopic (exact) mass is 429 g/mol. The summed E-state index contributed by atoms with van der Waals surface area (Å²) in [5.41, 5.74) is 1.11. The van der Waals surface area contributed by atoms with Crippen molar-refractivity contribution in [3.63, 3.8) is 0 Å². The van der Waals surface area contributed by atoms with Crippen LogP contribution in [-0.4, -0.2) is 32.5 Å². The minimum atomic E-state index is -0.697. The third-order valence-electron chi connectivity index (χ3n) is 4.73.